The summed E-state index contributed by atoms with van der Waals surface area (Å²) < 4.78 is 4.70. The zero-order valence-corrected chi connectivity index (χ0v) is 8.00. The lowest BCUT2D eigenvalue weighted by Gasteiger charge is -2.26. The Bertz CT molecular complexity index is 271. The van der Waals surface area contributed by atoms with Crippen LogP contribution in [-0.4, -0.2) is 11.9 Å². The van der Waals surface area contributed by atoms with Crippen molar-refractivity contribution in [2.45, 2.75) is 33.1 Å². The van der Waals surface area contributed by atoms with Crippen molar-refractivity contribution >= 4 is 11.9 Å². The number of carbonyl (C=O) groups is 2. The Morgan fingerprint density at radius 3 is 2.46 bits per heavy atom. The van der Waals surface area contributed by atoms with Crippen molar-refractivity contribution in [1.29, 1.82) is 0 Å². The summed E-state index contributed by atoms with van der Waals surface area (Å²) in [5, 5.41) is 0. The van der Waals surface area contributed by atoms with E-state index in [1.165, 1.54) is 0 Å². The number of rotatable bonds is 0. The van der Waals surface area contributed by atoms with Gasteiger partial charge in [0.05, 0.1) is 11.3 Å². The molecule has 1 saturated heterocycles. The van der Waals surface area contributed by atoms with Crippen molar-refractivity contribution in [3.05, 3.63) is 0 Å². The van der Waals surface area contributed by atoms with Crippen LogP contribution in [0.5, 0.6) is 0 Å². The van der Waals surface area contributed by atoms with E-state index in [0.717, 1.165) is 19.3 Å². The molecule has 2 fully saturated rings. The first-order chi connectivity index (χ1) is 6.09. The number of esters is 2. The molecule has 13 heavy (non-hydrogen) atoms. The first-order valence-electron chi connectivity index (χ1n) is 4.85. The predicted octanol–water partition coefficient (Wildman–Crippen LogP) is 1.51. The van der Waals surface area contributed by atoms with Gasteiger partial charge in [-0.25, -0.2) is 0 Å². The van der Waals surface area contributed by atoms with Crippen LogP contribution in [0.4, 0.5) is 0 Å². The van der Waals surface area contributed by atoms with Gasteiger partial charge in [0, 0.05) is 0 Å². The summed E-state index contributed by atoms with van der Waals surface area (Å²) in [5.74, 6) is -0.562. The number of hydrogen-bond donors (Lipinski definition) is 0. The van der Waals surface area contributed by atoms with Crippen molar-refractivity contribution in [2.75, 3.05) is 0 Å². The molecule has 1 heterocycles. The van der Waals surface area contributed by atoms with Crippen LogP contribution in [0.25, 0.3) is 0 Å². The van der Waals surface area contributed by atoms with Crippen LogP contribution in [0.3, 0.4) is 0 Å². The van der Waals surface area contributed by atoms with Crippen molar-refractivity contribution in [3.63, 3.8) is 0 Å². The molecule has 2 aliphatic rings. The van der Waals surface area contributed by atoms with E-state index in [9.17, 15) is 9.59 Å². The van der Waals surface area contributed by atoms with E-state index in [2.05, 4.69) is 0 Å². The molecule has 0 amide bonds. The molecule has 0 bridgehead atoms. The second-order valence-corrected chi connectivity index (χ2v) is 4.26. The van der Waals surface area contributed by atoms with Crippen LogP contribution in [0.2, 0.25) is 0 Å². The van der Waals surface area contributed by atoms with Gasteiger partial charge < -0.3 is 4.74 Å². The third kappa shape index (κ3) is 0.901. The maximum Gasteiger partial charge on any atom is 0.320 e. The van der Waals surface area contributed by atoms with Crippen LogP contribution >= 0.6 is 0 Å². The molecule has 3 nitrogen and oxygen atoms in total. The fourth-order valence-electron chi connectivity index (χ4n) is 2.81. The summed E-state index contributed by atoms with van der Waals surface area (Å²) in [6.07, 6.45) is 2.89. The fraction of sp³-hybridized carbons (Fsp3) is 0.800. The highest BCUT2D eigenvalue weighted by Gasteiger charge is 2.59. The molecule has 0 aromatic heterocycles. The number of carbonyl (C=O) groups excluding carboxylic acids is 2. The number of ether oxygens (including phenoxy) is 1. The lowest BCUT2D eigenvalue weighted by Crippen LogP contribution is -2.34. The largest absolute Gasteiger partial charge is 0.392 e. The Morgan fingerprint density at radius 2 is 2.08 bits per heavy atom. The molecule has 0 unspecified atom stereocenters. The van der Waals surface area contributed by atoms with Gasteiger partial charge in [0.1, 0.15) is 0 Å². The predicted molar refractivity (Wildman–Crippen MR) is 45.7 cm³/mol. The molecular weight excluding hydrogens is 168 g/mol. The van der Waals surface area contributed by atoms with Crippen LogP contribution in [0.15, 0.2) is 0 Å². The van der Waals surface area contributed by atoms with Gasteiger partial charge in [-0.05, 0) is 18.8 Å². The molecule has 72 valence electrons. The lowest BCUT2D eigenvalue weighted by atomic mass is 9.71. The van der Waals surface area contributed by atoms with Gasteiger partial charge in [0.25, 0.3) is 0 Å². The number of cyclic esters (lactones) is 2. The van der Waals surface area contributed by atoms with Crippen LogP contribution < -0.4 is 0 Å². The standard InChI is InChI=1S/C10H14O3/c1-6-4-3-5-10(6)7(2)8(11)13-9(10)12/h6-7H,3-5H2,1-2H3/t6-,7+,10+/m0/s1. The number of hydrogen-bond acceptors (Lipinski definition) is 3. The minimum atomic E-state index is -0.475. The Hall–Kier alpha value is -0.860. The van der Waals surface area contributed by atoms with Crippen molar-refractivity contribution < 1.29 is 14.3 Å². The molecule has 1 saturated carbocycles. The molecule has 0 radical (unpaired) electrons. The smallest absolute Gasteiger partial charge is 0.320 e. The van der Waals surface area contributed by atoms with Crippen LogP contribution in [0.1, 0.15) is 33.1 Å². The molecule has 0 N–H and O–H groups in total. The highest BCUT2D eigenvalue weighted by Crippen LogP contribution is 2.52. The summed E-state index contributed by atoms with van der Waals surface area (Å²) in [6.45, 7) is 3.86. The normalized spacial score (nSPS) is 44.5. The van der Waals surface area contributed by atoms with Gasteiger partial charge >= 0.3 is 11.9 Å². The van der Waals surface area contributed by atoms with Gasteiger partial charge in [0.2, 0.25) is 0 Å². The molecule has 1 aliphatic carbocycles. The molecule has 3 atom stereocenters. The second kappa shape index (κ2) is 2.56. The van der Waals surface area contributed by atoms with E-state index in [4.69, 9.17) is 4.74 Å². The molecule has 0 aromatic rings. The third-order valence-electron chi connectivity index (χ3n) is 3.81. The maximum absolute atomic E-state index is 11.6. The summed E-state index contributed by atoms with van der Waals surface area (Å²) in [7, 11) is 0. The molecule has 0 aromatic carbocycles. The molecule has 2 rings (SSSR count). The quantitative estimate of drug-likeness (QED) is 0.421. The van der Waals surface area contributed by atoms with Gasteiger partial charge in [0.15, 0.2) is 0 Å². The summed E-state index contributed by atoms with van der Waals surface area (Å²) in [5.41, 5.74) is -0.475. The van der Waals surface area contributed by atoms with E-state index in [0.29, 0.717) is 5.92 Å². The van der Waals surface area contributed by atoms with Crippen molar-refractivity contribution in [2.24, 2.45) is 17.3 Å². The molecule has 3 heteroatoms. The van der Waals surface area contributed by atoms with Gasteiger partial charge in [-0.15, -0.1) is 0 Å². The minimum Gasteiger partial charge on any atom is -0.392 e. The summed E-state index contributed by atoms with van der Waals surface area (Å²) in [6, 6.07) is 0. The summed E-state index contributed by atoms with van der Waals surface area (Å²) in [4.78, 5) is 22.8. The van der Waals surface area contributed by atoms with Gasteiger partial charge in [-0.2, -0.15) is 0 Å². The molecule has 1 aliphatic heterocycles. The lowest BCUT2D eigenvalue weighted by molar-refractivity contribution is -0.155. The van der Waals surface area contributed by atoms with Crippen molar-refractivity contribution in [1.82, 2.24) is 0 Å². The molecular formula is C10H14O3. The first kappa shape index (κ1) is 8.73. The molecule has 1 spiro atoms. The Kier molecular flexibility index (Phi) is 1.72. The fourth-order valence-corrected chi connectivity index (χ4v) is 2.81. The van der Waals surface area contributed by atoms with E-state index < -0.39 is 5.41 Å². The van der Waals surface area contributed by atoms with Crippen molar-refractivity contribution in [3.8, 4) is 0 Å². The van der Waals surface area contributed by atoms with E-state index in [1.54, 1.807) is 0 Å². The Balaban J connectivity index is 2.40. The Labute approximate surface area is 77.4 Å². The van der Waals surface area contributed by atoms with Gasteiger partial charge in [-0.3, -0.25) is 9.59 Å². The average molecular weight is 182 g/mol. The Morgan fingerprint density at radius 1 is 1.38 bits per heavy atom. The minimum absolute atomic E-state index is 0.238. The van der Waals surface area contributed by atoms with Gasteiger partial charge in [-0.1, -0.05) is 20.3 Å². The van der Waals surface area contributed by atoms with Crippen LogP contribution in [-0.2, 0) is 14.3 Å². The summed E-state index contributed by atoms with van der Waals surface area (Å²) >= 11 is 0. The van der Waals surface area contributed by atoms with E-state index in [1.807, 2.05) is 13.8 Å². The highest BCUT2D eigenvalue weighted by atomic mass is 16.6. The third-order valence-corrected chi connectivity index (χ3v) is 3.81. The topological polar surface area (TPSA) is 43.4 Å². The monoisotopic (exact) mass is 182 g/mol. The van der Waals surface area contributed by atoms with Crippen LogP contribution in [0, 0.1) is 17.3 Å². The van der Waals surface area contributed by atoms with E-state index >= 15 is 0 Å². The maximum atomic E-state index is 11.6. The zero-order chi connectivity index (χ0) is 9.64. The highest BCUT2D eigenvalue weighted by molar-refractivity contribution is 5.99. The zero-order valence-electron chi connectivity index (χ0n) is 8.00. The second-order valence-electron chi connectivity index (χ2n) is 4.26. The average Bonchev–Trinajstić information content (AvgIpc) is 2.54. The SMILES string of the molecule is C[C@@H]1C(=O)OC(=O)[C@@]12CCC[C@@H]2C. The van der Waals surface area contributed by atoms with E-state index in [-0.39, 0.29) is 17.9 Å². The first-order valence-corrected chi connectivity index (χ1v) is 4.85.